The molecule has 0 amide bonds. The number of hydrogen-bond acceptors (Lipinski definition) is 4. The second-order valence-corrected chi connectivity index (χ2v) is 6.91. The van der Waals surface area contributed by atoms with E-state index in [1.165, 1.54) is 17.8 Å². The normalized spacial score (nSPS) is 11.5. The summed E-state index contributed by atoms with van der Waals surface area (Å²) in [6.45, 7) is 0. The third-order valence-electron chi connectivity index (χ3n) is 2.34. The van der Waals surface area contributed by atoms with Gasteiger partial charge in [-0.3, -0.25) is 0 Å². The molecule has 4 nitrogen and oxygen atoms in total. The van der Waals surface area contributed by atoms with Gasteiger partial charge in [0.25, 0.3) is 0 Å². The topological polar surface area (TPSA) is 86.2 Å². The van der Waals surface area contributed by atoms with E-state index in [4.69, 9.17) is 22.5 Å². The predicted molar refractivity (Wildman–Crippen MR) is 77.8 cm³/mol. The summed E-state index contributed by atoms with van der Waals surface area (Å²) in [5.41, 5.74) is 5.83. The number of nitrogens with two attached hydrogens (primary N) is 2. The average Bonchev–Trinajstić information content (AvgIpc) is 2.30. The van der Waals surface area contributed by atoms with E-state index in [9.17, 15) is 8.42 Å². The fourth-order valence-corrected chi connectivity index (χ4v) is 3.13. The quantitative estimate of drug-likeness (QED) is 0.853. The van der Waals surface area contributed by atoms with Gasteiger partial charge in [0.15, 0.2) is 0 Å². The molecule has 19 heavy (non-hydrogen) atoms. The van der Waals surface area contributed by atoms with Gasteiger partial charge in [0.2, 0.25) is 10.0 Å². The molecule has 0 saturated carbocycles. The number of sulfonamides is 1. The molecule has 2 aromatic carbocycles. The largest absolute Gasteiger partial charge is 0.398 e. The first kappa shape index (κ1) is 14.2. The van der Waals surface area contributed by atoms with Gasteiger partial charge in [-0.15, -0.1) is 0 Å². The average molecular weight is 315 g/mol. The number of benzene rings is 2. The van der Waals surface area contributed by atoms with Crippen LogP contribution in [0.25, 0.3) is 0 Å². The minimum Gasteiger partial charge on any atom is -0.398 e. The molecule has 0 unspecified atom stereocenters. The lowest BCUT2D eigenvalue weighted by Gasteiger charge is -2.06. The zero-order valence-electron chi connectivity index (χ0n) is 9.71. The molecule has 7 heteroatoms. The van der Waals surface area contributed by atoms with Crippen LogP contribution in [0.2, 0.25) is 5.02 Å². The van der Waals surface area contributed by atoms with Crippen LogP contribution >= 0.6 is 23.4 Å². The highest BCUT2D eigenvalue weighted by Crippen LogP contribution is 2.31. The number of hydrogen-bond donors (Lipinski definition) is 2. The van der Waals surface area contributed by atoms with Crippen molar-refractivity contribution in [1.29, 1.82) is 0 Å². The van der Waals surface area contributed by atoms with E-state index >= 15 is 0 Å². The smallest absolute Gasteiger partial charge is 0.240 e. The van der Waals surface area contributed by atoms with E-state index in [0.717, 1.165) is 9.79 Å². The fraction of sp³-hybridized carbons (Fsp3) is 0. The SMILES string of the molecule is Nc1cc(Sc2ccc(Cl)cc2)ccc1S(N)(=O)=O. The van der Waals surface area contributed by atoms with E-state index in [-0.39, 0.29) is 10.6 Å². The van der Waals surface area contributed by atoms with Gasteiger partial charge in [-0.25, -0.2) is 13.6 Å². The van der Waals surface area contributed by atoms with E-state index < -0.39 is 10.0 Å². The first-order valence-electron chi connectivity index (χ1n) is 5.22. The van der Waals surface area contributed by atoms with Crippen LogP contribution in [0.3, 0.4) is 0 Å². The van der Waals surface area contributed by atoms with Crippen LogP contribution in [0.15, 0.2) is 57.2 Å². The van der Waals surface area contributed by atoms with Gasteiger partial charge >= 0.3 is 0 Å². The molecule has 0 radical (unpaired) electrons. The summed E-state index contributed by atoms with van der Waals surface area (Å²) in [6.07, 6.45) is 0. The van der Waals surface area contributed by atoms with Crippen LogP contribution in [-0.2, 0) is 10.0 Å². The molecule has 0 aliphatic rings. The Morgan fingerprint density at radius 2 is 1.58 bits per heavy atom. The van der Waals surface area contributed by atoms with Crippen LogP contribution in [0, 0.1) is 0 Å². The number of halogens is 1. The predicted octanol–water partition coefficient (Wildman–Crippen LogP) is 2.72. The number of rotatable bonds is 3. The van der Waals surface area contributed by atoms with Gasteiger partial charge in [-0.2, -0.15) is 0 Å². The molecule has 0 aromatic heterocycles. The molecule has 2 rings (SSSR count). The van der Waals surface area contributed by atoms with Gasteiger partial charge in [-0.1, -0.05) is 23.4 Å². The fourth-order valence-electron chi connectivity index (χ4n) is 1.49. The standard InChI is InChI=1S/C12H11ClN2O2S2/c13-8-1-3-9(4-2-8)18-10-5-6-12(11(14)7-10)19(15,16)17/h1-7H,14H2,(H2,15,16,17). The van der Waals surface area contributed by atoms with E-state index in [0.29, 0.717) is 5.02 Å². The van der Waals surface area contributed by atoms with Gasteiger partial charge in [0.1, 0.15) is 4.90 Å². The minimum absolute atomic E-state index is 0.0621. The second kappa shape index (κ2) is 5.42. The Morgan fingerprint density at radius 3 is 2.11 bits per heavy atom. The molecule has 0 fully saturated rings. The van der Waals surface area contributed by atoms with Crippen molar-refractivity contribution in [3.63, 3.8) is 0 Å². The van der Waals surface area contributed by atoms with E-state index in [1.807, 2.05) is 12.1 Å². The van der Waals surface area contributed by atoms with Crippen LogP contribution in [0.4, 0.5) is 5.69 Å². The zero-order chi connectivity index (χ0) is 14.0. The molecule has 4 N–H and O–H groups in total. The van der Waals surface area contributed by atoms with Crippen molar-refractivity contribution in [2.45, 2.75) is 14.7 Å². The van der Waals surface area contributed by atoms with Crippen molar-refractivity contribution < 1.29 is 8.42 Å². The molecule has 0 aliphatic heterocycles. The Balaban J connectivity index is 2.28. The van der Waals surface area contributed by atoms with Gasteiger partial charge < -0.3 is 5.73 Å². The third kappa shape index (κ3) is 3.63. The third-order valence-corrected chi connectivity index (χ3v) is 4.57. The highest BCUT2D eigenvalue weighted by molar-refractivity contribution is 7.99. The zero-order valence-corrected chi connectivity index (χ0v) is 12.1. The summed E-state index contributed by atoms with van der Waals surface area (Å²) in [6, 6.07) is 12.0. The summed E-state index contributed by atoms with van der Waals surface area (Å²) in [5, 5.41) is 5.71. The van der Waals surface area contributed by atoms with Crippen LogP contribution in [0.1, 0.15) is 0 Å². The van der Waals surface area contributed by atoms with Crippen molar-refractivity contribution in [2.75, 3.05) is 5.73 Å². The molecule has 0 atom stereocenters. The first-order valence-corrected chi connectivity index (χ1v) is 7.96. The Labute approximate surface area is 120 Å². The molecule has 0 aliphatic carbocycles. The molecule has 0 spiro atoms. The van der Waals surface area contributed by atoms with Gasteiger partial charge in [0, 0.05) is 14.8 Å². The Morgan fingerprint density at radius 1 is 1.00 bits per heavy atom. The molecule has 0 saturated heterocycles. The van der Waals surface area contributed by atoms with Crippen molar-refractivity contribution in [3.05, 3.63) is 47.5 Å². The molecule has 0 bridgehead atoms. The summed E-state index contributed by atoms with van der Waals surface area (Å²) in [4.78, 5) is 1.74. The summed E-state index contributed by atoms with van der Waals surface area (Å²) < 4.78 is 22.5. The molecule has 0 heterocycles. The first-order chi connectivity index (χ1) is 8.86. The number of primary sulfonamides is 1. The minimum atomic E-state index is -3.78. The van der Waals surface area contributed by atoms with E-state index in [2.05, 4.69) is 0 Å². The Hall–Kier alpha value is -1.21. The molecule has 2 aromatic rings. The summed E-state index contributed by atoms with van der Waals surface area (Å²) in [5.74, 6) is 0. The molecule has 100 valence electrons. The summed E-state index contributed by atoms with van der Waals surface area (Å²) >= 11 is 7.26. The van der Waals surface area contributed by atoms with Crippen molar-refractivity contribution in [1.82, 2.24) is 0 Å². The highest BCUT2D eigenvalue weighted by Gasteiger charge is 2.12. The Kier molecular flexibility index (Phi) is 4.05. The monoisotopic (exact) mass is 314 g/mol. The molecular formula is C12H11ClN2O2S2. The lowest BCUT2D eigenvalue weighted by molar-refractivity contribution is 0.598. The van der Waals surface area contributed by atoms with Gasteiger partial charge in [-0.05, 0) is 42.5 Å². The maximum absolute atomic E-state index is 11.2. The van der Waals surface area contributed by atoms with Crippen molar-refractivity contribution in [3.8, 4) is 0 Å². The van der Waals surface area contributed by atoms with Crippen LogP contribution in [-0.4, -0.2) is 8.42 Å². The maximum atomic E-state index is 11.2. The van der Waals surface area contributed by atoms with Crippen molar-refractivity contribution in [2.24, 2.45) is 5.14 Å². The highest BCUT2D eigenvalue weighted by atomic mass is 35.5. The Bertz CT molecular complexity index is 700. The van der Waals surface area contributed by atoms with Crippen LogP contribution in [0.5, 0.6) is 0 Å². The van der Waals surface area contributed by atoms with Crippen molar-refractivity contribution >= 4 is 39.1 Å². The summed E-state index contributed by atoms with van der Waals surface area (Å²) in [7, 11) is -3.78. The number of nitrogen functional groups attached to an aromatic ring is 1. The van der Waals surface area contributed by atoms with Crippen LogP contribution < -0.4 is 10.9 Å². The van der Waals surface area contributed by atoms with E-state index in [1.54, 1.807) is 24.3 Å². The maximum Gasteiger partial charge on any atom is 0.240 e. The lowest BCUT2D eigenvalue weighted by Crippen LogP contribution is -2.14. The lowest BCUT2D eigenvalue weighted by atomic mass is 10.3. The second-order valence-electron chi connectivity index (χ2n) is 3.80. The number of anilines is 1. The molecular weight excluding hydrogens is 304 g/mol. The van der Waals surface area contributed by atoms with Gasteiger partial charge in [0.05, 0.1) is 5.69 Å².